The zero-order chi connectivity index (χ0) is 18.1. The van der Waals surface area contributed by atoms with E-state index in [4.69, 9.17) is 0 Å². The number of aryl methyl sites for hydroxylation is 1. The number of carbonyl (C=O) groups excluding carboxylic acids is 1. The number of H-pyrrole nitrogens is 1. The van der Waals surface area contributed by atoms with Crippen molar-refractivity contribution in [2.45, 2.75) is 25.9 Å². The van der Waals surface area contributed by atoms with Gasteiger partial charge in [0, 0.05) is 30.9 Å². The molecule has 26 heavy (non-hydrogen) atoms. The van der Waals surface area contributed by atoms with Crippen molar-refractivity contribution in [2.24, 2.45) is 0 Å². The van der Waals surface area contributed by atoms with Crippen LogP contribution in [0.3, 0.4) is 0 Å². The van der Waals surface area contributed by atoms with Gasteiger partial charge < -0.3 is 14.5 Å². The lowest BCUT2D eigenvalue weighted by Gasteiger charge is -2.35. The molecule has 6 heteroatoms. The molecule has 0 saturated heterocycles. The molecular weight excluding hydrogens is 328 g/mol. The summed E-state index contributed by atoms with van der Waals surface area (Å²) in [6.07, 6.45) is 4.09. The molecule has 6 nitrogen and oxygen atoms in total. The van der Waals surface area contributed by atoms with Gasteiger partial charge in [0.15, 0.2) is 0 Å². The minimum absolute atomic E-state index is 0.0300. The number of benzene rings is 1. The standard InChI is InChI=1S/C20H20N4O2/c1-14-7-9-23(17(25)11-14)12-18(26)24-10-8-16-19(22-13-21-16)20(24)15-5-3-2-4-6-15/h2-7,9,11,13,20H,8,10,12H2,1H3,(H,21,22)/t20-/m0/s1. The van der Waals surface area contributed by atoms with Crippen LogP contribution in [0.25, 0.3) is 0 Å². The first-order chi connectivity index (χ1) is 12.6. The van der Waals surface area contributed by atoms with Crippen LogP contribution >= 0.6 is 0 Å². The number of carbonyl (C=O) groups is 1. The summed E-state index contributed by atoms with van der Waals surface area (Å²) < 4.78 is 1.46. The highest BCUT2D eigenvalue weighted by Gasteiger charge is 2.33. The van der Waals surface area contributed by atoms with E-state index < -0.39 is 0 Å². The zero-order valence-corrected chi connectivity index (χ0v) is 14.6. The van der Waals surface area contributed by atoms with Gasteiger partial charge in [0.1, 0.15) is 12.6 Å². The third-order valence-corrected chi connectivity index (χ3v) is 4.82. The van der Waals surface area contributed by atoms with E-state index in [1.54, 1.807) is 18.6 Å². The molecule has 0 fully saturated rings. The van der Waals surface area contributed by atoms with Crippen molar-refractivity contribution < 1.29 is 4.79 Å². The first-order valence-corrected chi connectivity index (χ1v) is 8.67. The SMILES string of the molecule is Cc1ccn(CC(=O)N2CCc3[nH]cnc3[C@@H]2c2ccccc2)c(=O)c1. The zero-order valence-electron chi connectivity index (χ0n) is 14.6. The number of fused-ring (bicyclic) bond motifs is 1. The van der Waals surface area contributed by atoms with Gasteiger partial charge in [-0.3, -0.25) is 9.59 Å². The van der Waals surface area contributed by atoms with E-state index in [0.29, 0.717) is 6.54 Å². The van der Waals surface area contributed by atoms with Crippen LogP contribution in [0.5, 0.6) is 0 Å². The number of rotatable bonds is 3. The molecule has 3 heterocycles. The lowest BCUT2D eigenvalue weighted by atomic mass is 9.95. The second kappa shape index (κ2) is 6.63. The molecule has 0 saturated carbocycles. The lowest BCUT2D eigenvalue weighted by molar-refractivity contribution is -0.134. The van der Waals surface area contributed by atoms with Gasteiger partial charge in [-0.2, -0.15) is 0 Å². The Hall–Kier alpha value is -3.15. The summed E-state index contributed by atoms with van der Waals surface area (Å²) in [5.41, 5.74) is 3.69. The van der Waals surface area contributed by atoms with Crippen molar-refractivity contribution in [3.05, 3.63) is 87.9 Å². The van der Waals surface area contributed by atoms with E-state index in [0.717, 1.165) is 28.9 Å². The third kappa shape index (κ3) is 2.94. The molecule has 2 aromatic heterocycles. The van der Waals surface area contributed by atoms with Crippen molar-refractivity contribution in [1.29, 1.82) is 0 Å². The first kappa shape index (κ1) is 16.3. The minimum atomic E-state index is -0.236. The fourth-order valence-electron chi connectivity index (χ4n) is 3.49. The average Bonchev–Trinajstić information content (AvgIpc) is 3.12. The normalized spacial score (nSPS) is 16.3. The van der Waals surface area contributed by atoms with Gasteiger partial charge in [-0.05, 0) is 24.1 Å². The Kier molecular flexibility index (Phi) is 4.16. The molecule has 0 aliphatic carbocycles. The molecule has 0 unspecified atom stereocenters. The van der Waals surface area contributed by atoms with E-state index in [2.05, 4.69) is 9.97 Å². The molecule has 1 aliphatic rings. The molecule has 1 aromatic carbocycles. The second-order valence-corrected chi connectivity index (χ2v) is 6.59. The van der Waals surface area contributed by atoms with Gasteiger partial charge >= 0.3 is 0 Å². The predicted octanol–water partition coefficient (Wildman–Crippen LogP) is 2.05. The number of hydrogen-bond acceptors (Lipinski definition) is 3. The number of imidazole rings is 1. The van der Waals surface area contributed by atoms with Crippen molar-refractivity contribution >= 4 is 5.91 Å². The molecular formula is C20H20N4O2. The van der Waals surface area contributed by atoms with Crippen LogP contribution < -0.4 is 5.56 Å². The van der Waals surface area contributed by atoms with Crippen molar-refractivity contribution in [3.63, 3.8) is 0 Å². The summed E-state index contributed by atoms with van der Waals surface area (Å²) in [4.78, 5) is 34.7. The molecule has 4 rings (SSSR count). The van der Waals surface area contributed by atoms with Crippen LogP contribution in [0, 0.1) is 6.92 Å². The number of pyridine rings is 1. The topological polar surface area (TPSA) is 71.0 Å². The maximum atomic E-state index is 13.0. The monoisotopic (exact) mass is 348 g/mol. The maximum absolute atomic E-state index is 13.0. The summed E-state index contributed by atoms with van der Waals surface area (Å²) in [5, 5.41) is 0. The Morgan fingerprint density at radius 3 is 2.85 bits per heavy atom. The molecule has 1 aliphatic heterocycles. The fraction of sp³-hybridized carbons (Fsp3) is 0.250. The molecule has 1 amide bonds. The van der Waals surface area contributed by atoms with Crippen molar-refractivity contribution in [3.8, 4) is 0 Å². The number of nitrogens with one attached hydrogen (secondary N) is 1. The van der Waals surface area contributed by atoms with Crippen LogP contribution in [0.4, 0.5) is 0 Å². The molecule has 0 radical (unpaired) electrons. The van der Waals surface area contributed by atoms with Crippen LogP contribution in [0.15, 0.2) is 59.8 Å². The smallest absolute Gasteiger partial charge is 0.251 e. The first-order valence-electron chi connectivity index (χ1n) is 8.67. The van der Waals surface area contributed by atoms with E-state index in [1.165, 1.54) is 4.57 Å². The number of nitrogens with zero attached hydrogens (tertiary/aromatic N) is 3. The van der Waals surface area contributed by atoms with Gasteiger partial charge in [0.05, 0.1) is 12.0 Å². The van der Waals surface area contributed by atoms with Gasteiger partial charge in [0.25, 0.3) is 5.56 Å². The Morgan fingerprint density at radius 2 is 2.08 bits per heavy atom. The summed E-state index contributed by atoms with van der Waals surface area (Å²) in [6, 6.07) is 13.0. The Morgan fingerprint density at radius 1 is 1.27 bits per heavy atom. The van der Waals surface area contributed by atoms with Crippen LogP contribution in [0.2, 0.25) is 0 Å². The van der Waals surface area contributed by atoms with E-state index in [1.807, 2.05) is 48.2 Å². The number of aromatic nitrogens is 3. The average molecular weight is 348 g/mol. The molecule has 1 N–H and O–H groups in total. The Labute approximate surface area is 151 Å². The van der Waals surface area contributed by atoms with E-state index in [9.17, 15) is 9.59 Å². The van der Waals surface area contributed by atoms with Gasteiger partial charge in [0.2, 0.25) is 5.91 Å². The lowest BCUT2D eigenvalue weighted by Crippen LogP contribution is -2.43. The highest BCUT2D eigenvalue weighted by atomic mass is 16.2. The molecule has 3 aromatic rings. The Bertz CT molecular complexity index is 990. The highest BCUT2D eigenvalue weighted by Crippen LogP contribution is 2.33. The minimum Gasteiger partial charge on any atom is -0.348 e. The number of aromatic amines is 1. The number of amides is 1. The molecule has 132 valence electrons. The molecule has 0 spiro atoms. The molecule has 0 bridgehead atoms. The van der Waals surface area contributed by atoms with Gasteiger partial charge in [-0.25, -0.2) is 4.98 Å². The third-order valence-electron chi connectivity index (χ3n) is 4.82. The Balaban J connectivity index is 1.68. The highest BCUT2D eigenvalue weighted by molar-refractivity contribution is 5.77. The fourth-order valence-corrected chi connectivity index (χ4v) is 3.49. The predicted molar refractivity (Wildman–Crippen MR) is 97.7 cm³/mol. The quantitative estimate of drug-likeness (QED) is 0.787. The van der Waals surface area contributed by atoms with Crippen LogP contribution in [-0.4, -0.2) is 31.9 Å². The summed E-state index contributed by atoms with van der Waals surface area (Å²) in [7, 11) is 0. The van der Waals surface area contributed by atoms with Crippen LogP contribution in [-0.2, 0) is 17.8 Å². The summed E-state index contributed by atoms with van der Waals surface area (Å²) >= 11 is 0. The van der Waals surface area contributed by atoms with E-state index in [-0.39, 0.29) is 24.1 Å². The number of hydrogen-bond donors (Lipinski definition) is 1. The summed E-state index contributed by atoms with van der Waals surface area (Å²) in [5.74, 6) is -0.0848. The van der Waals surface area contributed by atoms with Crippen molar-refractivity contribution in [2.75, 3.05) is 6.54 Å². The van der Waals surface area contributed by atoms with Crippen LogP contribution in [0.1, 0.15) is 28.6 Å². The largest absolute Gasteiger partial charge is 0.348 e. The molecule has 1 atom stereocenters. The van der Waals surface area contributed by atoms with Gasteiger partial charge in [-0.15, -0.1) is 0 Å². The van der Waals surface area contributed by atoms with E-state index >= 15 is 0 Å². The maximum Gasteiger partial charge on any atom is 0.251 e. The van der Waals surface area contributed by atoms with Gasteiger partial charge in [-0.1, -0.05) is 30.3 Å². The summed E-state index contributed by atoms with van der Waals surface area (Å²) in [6.45, 7) is 2.49. The second-order valence-electron chi connectivity index (χ2n) is 6.59. The van der Waals surface area contributed by atoms with Crippen molar-refractivity contribution in [1.82, 2.24) is 19.4 Å².